The van der Waals surface area contributed by atoms with Gasteiger partial charge in [-0.2, -0.15) is 0 Å². The number of aromatic nitrogens is 3. The maximum atomic E-state index is 10.2. The lowest BCUT2D eigenvalue weighted by molar-refractivity contribution is 0.0397. The molecule has 0 aliphatic heterocycles. The van der Waals surface area contributed by atoms with Crippen molar-refractivity contribution in [3.05, 3.63) is 60.2 Å². The van der Waals surface area contributed by atoms with Crippen LogP contribution in [0, 0.1) is 0 Å². The molecule has 1 unspecified atom stereocenters. The molecule has 0 bridgehead atoms. The summed E-state index contributed by atoms with van der Waals surface area (Å²) >= 11 is 1.49. The third kappa shape index (κ3) is 5.34. The van der Waals surface area contributed by atoms with E-state index < -0.39 is 6.10 Å². The molecule has 7 heteroatoms. The average Bonchev–Trinajstić information content (AvgIpc) is 3.16. The van der Waals surface area contributed by atoms with Crippen LogP contribution in [0.3, 0.4) is 0 Å². The van der Waals surface area contributed by atoms with Crippen LogP contribution in [0.15, 0.2) is 59.8 Å². The first-order valence-electron chi connectivity index (χ1n) is 9.21. The highest BCUT2D eigenvalue weighted by molar-refractivity contribution is 7.99. The maximum absolute atomic E-state index is 10.2. The van der Waals surface area contributed by atoms with Gasteiger partial charge in [-0.1, -0.05) is 54.2 Å². The normalized spacial score (nSPS) is 12.1. The number of methoxy groups -OCH3 is 1. The van der Waals surface area contributed by atoms with Gasteiger partial charge in [0.15, 0.2) is 11.0 Å². The zero-order chi connectivity index (χ0) is 19.8. The van der Waals surface area contributed by atoms with Crippen molar-refractivity contribution < 1.29 is 14.6 Å². The molecule has 1 heterocycles. The highest BCUT2D eigenvalue weighted by Crippen LogP contribution is 2.24. The standard InChI is InChI=1S/C21H25N3O3S/c1-3-24-20(17-9-5-4-6-10-17)22-23-21(24)28-15-18(25)14-27-13-16-8-7-11-19(12-16)26-2/h4-12,18,25H,3,13-15H2,1-2H3. The summed E-state index contributed by atoms with van der Waals surface area (Å²) < 4.78 is 12.9. The number of benzene rings is 2. The van der Waals surface area contributed by atoms with Crippen LogP contribution in [0.1, 0.15) is 12.5 Å². The second-order valence-corrected chi connectivity index (χ2v) is 7.24. The Labute approximate surface area is 169 Å². The van der Waals surface area contributed by atoms with Gasteiger partial charge in [-0.05, 0) is 24.6 Å². The molecule has 0 spiro atoms. The minimum absolute atomic E-state index is 0.260. The fraction of sp³-hybridized carbons (Fsp3) is 0.333. The van der Waals surface area contributed by atoms with Gasteiger partial charge in [0, 0.05) is 17.9 Å². The largest absolute Gasteiger partial charge is 0.497 e. The van der Waals surface area contributed by atoms with E-state index in [1.165, 1.54) is 11.8 Å². The molecule has 0 saturated carbocycles. The molecule has 2 aromatic carbocycles. The zero-order valence-electron chi connectivity index (χ0n) is 16.1. The van der Waals surface area contributed by atoms with Crippen molar-refractivity contribution in [1.29, 1.82) is 0 Å². The SMILES string of the molecule is CCn1c(SCC(O)COCc2cccc(OC)c2)nnc1-c1ccccc1. The van der Waals surface area contributed by atoms with E-state index in [0.717, 1.165) is 34.4 Å². The lowest BCUT2D eigenvalue weighted by Gasteiger charge is -2.12. The molecule has 148 valence electrons. The Kier molecular flexibility index (Phi) is 7.47. The Morgan fingerprint density at radius 1 is 1.11 bits per heavy atom. The summed E-state index contributed by atoms with van der Waals surface area (Å²) in [7, 11) is 1.64. The van der Waals surface area contributed by atoms with Gasteiger partial charge in [-0.3, -0.25) is 0 Å². The second-order valence-electron chi connectivity index (χ2n) is 6.25. The molecule has 0 saturated heterocycles. The van der Waals surface area contributed by atoms with Crippen LogP contribution in [-0.4, -0.2) is 45.4 Å². The van der Waals surface area contributed by atoms with Crippen LogP contribution in [0.5, 0.6) is 5.75 Å². The Bertz CT molecular complexity index is 870. The predicted octanol–water partition coefficient (Wildman–Crippen LogP) is 3.64. The van der Waals surface area contributed by atoms with Gasteiger partial charge < -0.3 is 19.1 Å². The molecule has 3 rings (SSSR count). The highest BCUT2D eigenvalue weighted by atomic mass is 32.2. The van der Waals surface area contributed by atoms with Gasteiger partial charge in [0.2, 0.25) is 0 Å². The van der Waals surface area contributed by atoms with Crippen molar-refractivity contribution >= 4 is 11.8 Å². The van der Waals surface area contributed by atoms with Crippen LogP contribution in [-0.2, 0) is 17.9 Å². The summed E-state index contributed by atoms with van der Waals surface area (Å²) in [5, 5.41) is 19.7. The number of hydrogen-bond donors (Lipinski definition) is 1. The summed E-state index contributed by atoms with van der Waals surface area (Å²) in [4.78, 5) is 0. The van der Waals surface area contributed by atoms with Gasteiger partial charge in [0.25, 0.3) is 0 Å². The van der Waals surface area contributed by atoms with Gasteiger partial charge in [-0.15, -0.1) is 10.2 Å². The molecule has 3 aromatic rings. The van der Waals surface area contributed by atoms with Gasteiger partial charge in [0.05, 0.1) is 26.4 Å². The molecular formula is C21H25N3O3S. The molecule has 0 amide bonds. The van der Waals surface area contributed by atoms with Crippen molar-refractivity contribution in [2.75, 3.05) is 19.5 Å². The van der Waals surface area contributed by atoms with Crippen molar-refractivity contribution in [3.8, 4) is 17.1 Å². The zero-order valence-corrected chi connectivity index (χ0v) is 16.9. The summed E-state index contributed by atoms with van der Waals surface area (Å²) in [6, 6.07) is 17.7. The predicted molar refractivity (Wildman–Crippen MR) is 111 cm³/mol. The molecule has 1 atom stereocenters. The van der Waals surface area contributed by atoms with E-state index in [9.17, 15) is 5.11 Å². The average molecular weight is 400 g/mol. The van der Waals surface area contributed by atoms with Gasteiger partial charge in [0.1, 0.15) is 5.75 Å². The van der Waals surface area contributed by atoms with Crippen LogP contribution >= 0.6 is 11.8 Å². The summed E-state index contributed by atoms with van der Waals surface area (Å²) in [5.74, 6) is 2.13. The van der Waals surface area contributed by atoms with Crippen LogP contribution in [0.4, 0.5) is 0 Å². The number of rotatable bonds is 10. The van der Waals surface area contributed by atoms with Crippen molar-refractivity contribution in [1.82, 2.24) is 14.8 Å². The quantitative estimate of drug-likeness (QED) is 0.525. The van der Waals surface area contributed by atoms with Gasteiger partial charge >= 0.3 is 0 Å². The Balaban J connectivity index is 1.50. The molecule has 1 N–H and O–H groups in total. The molecule has 0 radical (unpaired) electrons. The molecule has 0 aliphatic carbocycles. The van der Waals surface area contributed by atoms with E-state index in [2.05, 4.69) is 21.7 Å². The van der Waals surface area contributed by atoms with E-state index in [0.29, 0.717) is 12.4 Å². The first-order valence-corrected chi connectivity index (χ1v) is 10.2. The summed E-state index contributed by atoms with van der Waals surface area (Å²) in [6.07, 6.45) is -0.585. The smallest absolute Gasteiger partial charge is 0.191 e. The lowest BCUT2D eigenvalue weighted by atomic mass is 10.2. The number of thioether (sulfide) groups is 1. The molecular weight excluding hydrogens is 374 g/mol. The van der Waals surface area contributed by atoms with Gasteiger partial charge in [-0.25, -0.2) is 0 Å². The van der Waals surface area contributed by atoms with E-state index in [-0.39, 0.29) is 6.61 Å². The van der Waals surface area contributed by atoms with Crippen molar-refractivity contribution in [3.63, 3.8) is 0 Å². The number of aliphatic hydroxyl groups excluding tert-OH is 1. The molecule has 0 fully saturated rings. The van der Waals surface area contributed by atoms with E-state index in [4.69, 9.17) is 9.47 Å². The molecule has 0 aliphatic rings. The first kappa shape index (κ1) is 20.4. The van der Waals surface area contributed by atoms with E-state index in [1.807, 2.05) is 54.6 Å². The molecule has 1 aromatic heterocycles. The summed E-state index contributed by atoms with van der Waals surface area (Å²) in [5.41, 5.74) is 2.04. The Morgan fingerprint density at radius 2 is 1.93 bits per heavy atom. The second kappa shape index (κ2) is 10.3. The third-order valence-electron chi connectivity index (χ3n) is 4.18. The minimum atomic E-state index is -0.585. The first-order chi connectivity index (χ1) is 13.7. The fourth-order valence-corrected chi connectivity index (χ4v) is 3.68. The van der Waals surface area contributed by atoms with E-state index in [1.54, 1.807) is 7.11 Å². The number of nitrogens with zero attached hydrogens (tertiary/aromatic N) is 3. The highest BCUT2D eigenvalue weighted by Gasteiger charge is 2.15. The minimum Gasteiger partial charge on any atom is -0.497 e. The van der Waals surface area contributed by atoms with E-state index >= 15 is 0 Å². The number of ether oxygens (including phenoxy) is 2. The summed E-state index contributed by atoms with van der Waals surface area (Å²) in [6.45, 7) is 3.52. The topological polar surface area (TPSA) is 69.4 Å². The van der Waals surface area contributed by atoms with Crippen LogP contribution in [0.2, 0.25) is 0 Å². The number of hydrogen-bond acceptors (Lipinski definition) is 6. The van der Waals surface area contributed by atoms with Crippen molar-refractivity contribution in [2.24, 2.45) is 0 Å². The third-order valence-corrected chi connectivity index (χ3v) is 5.29. The van der Waals surface area contributed by atoms with Crippen LogP contribution < -0.4 is 4.74 Å². The lowest BCUT2D eigenvalue weighted by Crippen LogP contribution is -2.18. The number of aliphatic hydroxyl groups is 1. The Morgan fingerprint density at radius 3 is 2.68 bits per heavy atom. The molecule has 6 nitrogen and oxygen atoms in total. The van der Waals surface area contributed by atoms with Crippen molar-refractivity contribution in [2.45, 2.75) is 31.3 Å². The maximum Gasteiger partial charge on any atom is 0.191 e. The Hall–Kier alpha value is -2.35. The van der Waals surface area contributed by atoms with Crippen LogP contribution in [0.25, 0.3) is 11.4 Å². The fourth-order valence-electron chi connectivity index (χ4n) is 2.78. The molecule has 28 heavy (non-hydrogen) atoms. The monoisotopic (exact) mass is 399 g/mol.